The second kappa shape index (κ2) is 13.4. The monoisotopic (exact) mass is 531 g/mol. The van der Waals surface area contributed by atoms with Gasteiger partial charge in [-0.25, -0.2) is 4.39 Å². The summed E-state index contributed by atoms with van der Waals surface area (Å²) in [5.41, 5.74) is 2.93. The molecule has 0 saturated carbocycles. The van der Waals surface area contributed by atoms with E-state index in [-0.39, 0.29) is 24.2 Å². The summed E-state index contributed by atoms with van der Waals surface area (Å²) in [6.07, 6.45) is 5.09. The third-order valence-corrected chi connectivity index (χ3v) is 7.51. The number of anilines is 1. The first kappa shape index (κ1) is 27.6. The van der Waals surface area contributed by atoms with Crippen LogP contribution in [0.1, 0.15) is 47.7 Å². The van der Waals surface area contributed by atoms with Crippen LogP contribution in [-0.2, 0) is 11.3 Å². The molecule has 3 aromatic rings. The Morgan fingerprint density at radius 3 is 2.50 bits per heavy atom. The van der Waals surface area contributed by atoms with E-state index in [1.165, 1.54) is 36.7 Å². The molecular weight excluding hydrogens is 497 g/mol. The molecule has 0 aliphatic carbocycles. The lowest BCUT2D eigenvalue weighted by molar-refractivity contribution is -0.114. The number of benzene rings is 3. The Hall–Kier alpha value is -3.42. The largest absolute Gasteiger partial charge is 0.352 e. The summed E-state index contributed by atoms with van der Waals surface area (Å²) in [7, 11) is 2.10. The molecule has 38 heavy (non-hydrogen) atoms. The maximum atomic E-state index is 13.7. The molecule has 1 aliphatic rings. The number of fused-ring (bicyclic) bond motifs is 1. The van der Waals surface area contributed by atoms with E-state index in [4.69, 9.17) is 0 Å². The SMILES string of the molecule is CCCCN(C)CCCNC(=O)c1ccc2c(c1)N(Cc1ccc(F)cc1)C(=O)C(=Cc1ccccc1)S2. The zero-order chi connectivity index (χ0) is 26.9. The highest BCUT2D eigenvalue weighted by Gasteiger charge is 2.30. The first-order chi connectivity index (χ1) is 18.4. The first-order valence-corrected chi connectivity index (χ1v) is 13.9. The van der Waals surface area contributed by atoms with Crippen molar-refractivity contribution in [2.75, 3.05) is 31.6 Å². The highest BCUT2D eigenvalue weighted by Crippen LogP contribution is 2.43. The quantitative estimate of drug-likeness (QED) is 0.231. The minimum absolute atomic E-state index is 0.150. The second-order valence-corrected chi connectivity index (χ2v) is 10.6. The van der Waals surface area contributed by atoms with Gasteiger partial charge in [0.25, 0.3) is 11.8 Å². The Morgan fingerprint density at radius 2 is 1.76 bits per heavy atom. The number of halogens is 1. The Balaban J connectivity index is 1.54. The Bertz CT molecular complexity index is 1280. The lowest BCUT2D eigenvalue weighted by Gasteiger charge is -2.31. The van der Waals surface area contributed by atoms with E-state index in [0.29, 0.717) is 22.7 Å². The summed E-state index contributed by atoms with van der Waals surface area (Å²) in [6, 6.07) is 21.3. The van der Waals surface area contributed by atoms with Gasteiger partial charge in [-0.1, -0.05) is 67.6 Å². The summed E-state index contributed by atoms with van der Waals surface area (Å²) >= 11 is 1.40. The minimum Gasteiger partial charge on any atom is -0.352 e. The number of nitrogens with one attached hydrogen (secondary N) is 1. The smallest absolute Gasteiger partial charge is 0.265 e. The number of amides is 2. The van der Waals surface area contributed by atoms with Gasteiger partial charge in [-0.05, 0) is 80.5 Å². The Morgan fingerprint density at radius 1 is 1.03 bits per heavy atom. The van der Waals surface area contributed by atoms with E-state index in [9.17, 15) is 14.0 Å². The number of nitrogens with zero attached hydrogens (tertiary/aromatic N) is 2. The van der Waals surface area contributed by atoms with Crippen LogP contribution in [-0.4, -0.2) is 43.4 Å². The minimum atomic E-state index is -0.324. The van der Waals surface area contributed by atoms with E-state index in [1.54, 1.807) is 29.2 Å². The van der Waals surface area contributed by atoms with Gasteiger partial charge >= 0.3 is 0 Å². The normalized spacial score (nSPS) is 14.2. The fourth-order valence-electron chi connectivity index (χ4n) is 4.27. The predicted octanol–water partition coefficient (Wildman–Crippen LogP) is 6.36. The molecule has 1 N–H and O–H groups in total. The molecule has 5 nitrogen and oxygen atoms in total. The molecule has 198 valence electrons. The summed E-state index contributed by atoms with van der Waals surface area (Å²) in [4.78, 5) is 32.0. The molecule has 2 amide bonds. The highest BCUT2D eigenvalue weighted by atomic mass is 32.2. The zero-order valence-electron chi connectivity index (χ0n) is 22.0. The van der Waals surface area contributed by atoms with Crippen molar-refractivity contribution < 1.29 is 14.0 Å². The maximum absolute atomic E-state index is 13.7. The summed E-state index contributed by atoms with van der Waals surface area (Å²) < 4.78 is 13.5. The summed E-state index contributed by atoms with van der Waals surface area (Å²) in [5, 5.41) is 3.01. The van der Waals surface area contributed by atoms with Gasteiger partial charge in [-0.2, -0.15) is 0 Å². The van der Waals surface area contributed by atoms with E-state index >= 15 is 0 Å². The van der Waals surface area contributed by atoms with Crippen molar-refractivity contribution in [1.82, 2.24) is 10.2 Å². The van der Waals surface area contributed by atoms with E-state index < -0.39 is 0 Å². The van der Waals surface area contributed by atoms with Gasteiger partial charge < -0.3 is 15.1 Å². The lowest BCUT2D eigenvalue weighted by Crippen LogP contribution is -2.34. The van der Waals surface area contributed by atoms with Crippen molar-refractivity contribution >= 4 is 35.3 Å². The fraction of sp³-hybridized carbons (Fsp3) is 0.290. The molecule has 0 saturated heterocycles. The maximum Gasteiger partial charge on any atom is 0.265 e. The number of hydrogen-bond acceptors (Lipinski definition) is 4. The van der Waals surface area contributed by atoms with Gasteiger partial charge in [-0.3, -0.25) is 9.59 Å². The molecule has 1 aliphatic heterocycles. The van der Waals surface area contributed by atoms with Crippen LogP contribution in [0, 0.1) is 5.82 Å². The lowest BCUT2D eigenvalue weighted by atomic mass is 10.1. The van der Waals surface area contributed by atoms with Crippen LogP contribution in [0.25, 0.3) is 6.08 Å². The molecule has 0 aromatic heterocycles. The Labute approximate surface area is 228 Å². The molecule has 3 aromatic carbocycles. The molecule has 0 radical (unpaired) electrons. The van der Waals surface area contributed by atoms with E-state index in [0.717, 1.165) is 35.5 Å². The van der Waals surface area contributed by atoms with Crippen LogP contribution >= 0.6 is 11.8 Å². The fourth-order valence-corrected chi connectivity index (χ4v) is 5.31. The molecular formula is C31H34FN3O2S. The number of carbonyl (C=O) groups excluding carboxylic acids is 2. The molecule has 0 atom stereocenters. The van der Waals surface area contributed by atoms with Crippen molar-refractivity contribution in [3.8, 4) is 0 Å². The van der Waals surface area contributed by atoms with Gasteiger partial charge in [0, 0.05) is 17.0 Å². The number of rotatable bonds is 11. The average Bonchev–Trinajstić information content (AvgIpc) is 2.93. The van der Waals surface area contributed by atoms with Crippen LogP contribution in [0.5, 0.6) is 0 Å². The van der Waals surface area contributed by atoms with Crippen molar-refractivity contribution in [3.63, 3.8) is 0 Å². The van der Waals surface area contributed by atoms with Crippen LogP contribution in [0.3, 0.4) is 0 Å². The Kier molecular flexibility index (Phi) is 9.73. The van der Waals surface area contributed by atoms with Crippen LogP contribution in [0.4, 0.5) is 10.1 Å². The standard InChI is InChI=1S/C31H34FN3O2S/c1-3-4-18-34(2)19-8-17-33-30(36)25-13-16-28-27(21-25)35(22-24-11-14-26(32)15-12-24)31(37)29(38-28)20-23-9-6-5-7-10-23/h5-7,9-16,20-21H,3-4,8,17-19,22H2,1-2H3,(H,33,36). The van der Waals surface area contributed by atoms with Gasteiger partial charge in [0.2, 0.25) is 0 Å². The molecule has 0 fully saturated rings. The molecule has 7 heteroatoms. The number of hydrogen-bond donors (Lipinski definition) is 1. The zero-order valence-corrected chi connectivity index (χ0v) is 22.8. The summed E-state index contributed by atoms with van der Waals surface area (Å²) in [6.45, 7) is 5.03. The average molecular weight is 532 g/mol. The molecule has 0 spiro atoms. The van der Waals surface area contributed by atoms with Crippen molar-refractivity contribution in [1.29, 1.82) is 0 Å². The van der Waals surface area contributed by atoms with Crippen molar-refractivity contribution in [2.45, 2.75) is 37.6 Å². The van der Waals surface area contributed by atoms with Gasteiger partial charge in [0.15, 0.2) is 0 Å². The van der Waals surface area contributed by atoms with Crippen LogP contribution in [0.15, 0.2) is 82.6 Å². The number of thioether (sulfide) groups is 1. The van der Waals surface area contributed by atoms with Crippen molar-refractivity contribution in [2.24, 2.45) is 0 Å². The second-order valence-electron chi connectivity index (χ2n) is 9.49. The topological polar surface area (TPSA) is 52.7 Å². The number of carbonyl (C=O) groups is 2. The highest BCUT2D eigenvalue weighted by molar-refractivity contribution is 8.04. The van der Waals surface area contributed by atoms with E-state index in [1.807, 2.05) is 42.5 Å². The molecule has 0 unspecified atom stereocenters. The summed E-state index contributed by atoms with van der Waals surface area (Å²) in [5.74, 6) is -0.632. The molecule has 1 heterocycles. The van der Waals surface area contributed by atoms with Crippen molar-refractivity contribution in [3.05, 3.63) is 100 Å². The number of unbranched alkanes of at least 4 members (excludes halogenated alkanes) is 1. The van der Waals surface area contributed by atoms with E-state index in [2.05, 4.69) is 24.2 Å². The van der Waals surface area contributed by atoms with Crippen LogP contribution in [0.2, 0.25) is 0 Å². The predicted molar refractivity (Wildman–Crippen MR) is 154 cm³/mol. The van der Waals surface area contributed by atoms with Gasteiger partial charge in [-0.15, -0.1) is 0 Å². The molecule has 4 rings (SSSR count). The van der Waals surface area contributed by atoms with Gasteiger partial charge in [0.05, 0.1) is 17.1 Å². The first-order valence-electron chi connectivity index (χ1n) is 13.1. The third-order valence-electron chi connectivity index (χ3n) is 6.43. The third kappa shape index (κ3) is 7.33. The molecule has 0 bridgehead atoms. The van der Waals surface area contributed by atoms with Crippen LogP contribution < -0.4 is 10.2 Å². The van der Waals surface area contributed by atoms with Gasteiger partial charge in [0.1, 0.15) is 5.82 Å².